The largest absolute Gasteiger partial charge is 0.351 e. The van der Waals surface area contributed by atoms with Crippen molar-refractivity contribution < 1.29 is 9.59 Å². The van der Waals surface area contributed by atoms with E-state index in [1.165, 1.54) is 5.56 Å². The normalized spacial score (nSPS) is 19.6. The number of benzene rings is 1. The molecule has 144 valence electrons. The van der Waals surface area contributed by atoms with Crippen LogP contribution >= 0.6 is 0 Å². The first-order chi connectivity index (χ1) is 13.0. The molecule has 2 aromatic rings. The third-order valence-corrected chi connectivity index (χ3v) is 6.24. The summed E-state index contributed by atoms with van der Waals surface area (Å²) in [5.41, 5.74) is 2.82. The Hall–Kier alpha value is -2.30. The van der Waals surface area contributed by atoms with Crippen LogP contribution in [0, 0.1) is 18.8 Å². The van der Waals surface area contributed by atoms with Gasteiger partial charge in [-0.05, 0) is 56.2 Å². The molecule has 4 rings (SSSR count). The zero-order chi connectivity index (χ0) is 19.0. The third kappa shape index (κ3) is 3.73. The molecule has 2 saturated heterocycles. The Balaban J connectivity index is 1.36. The molecule has 3 heterocycles. The van der Waals surface area contributed by atoms with E-state index in [1.807, 2.05) is 28.9 Å². The van der Waals surface area contributed by atoms with Crippen LogP contribution in [0.15, 0.2) is 24.3 Å². The highest BCUT2D eigenvalue weighted by Crippen LogP contribution is 2.25. The van der Waals surface area contributed by atoms with E-state index in [0.717, 1.165) is 55.6 Å². The second kappa shape index (κ2) is 7.37. The number of carbonyl (C=O) groups excluding carboxylic acids is 2. The zero-order valence-corrected chi connectivity index (χ0v) is 16.3. The van der Waals surface area contributed by atoms with Crippen LogP contribution in [0.25, 0.3) is 10.9 Å². The van der Waals surface area contributed by atoms with Gasteiger partial charge in [0.25, 0.3) is 5.91 Å². The minimum absolute atomic E-state index is 0.0431. The summed E-state index contributed by atoms with van der Waals surface area (Å²) in [4.78, 5) is 32.8. The van der Waals surface area contributed by atoms with Crippen molar-refractivity contribution in [2.45, 2.75) is 39.5 Å². The summed E-state index contributed by atoms with van der Waals surface area (Å²) >= 11 is 0. The van der Waals surface area contributed by atoms with Gasteiger partial charge in [0.05, 0.1) is 0 Å². The lowest BCUT2D eigenvalue weighted by Crippen LogP contribution is -2.46. The molecule has 2 aliphatic rings. The van der Waals surface area contributed by atoms with Gasteiger partial charge in [0.1, 0.15) is 5.69 Å². The predicted molar refractivity (Wildman–Crippen MR) is 107 cm³/mol. The van der Waals surface area contributed by atoms with Gasteiger partial charge in [-0.2, -0.15) is 0 Å². The lowest BCUT2D eigenvalue weighted by molar-refractivity contribution is -0.138. The molecule has 0 aliphatic carbocycles. The van der Waals surface area contributed by atoms with Crippen molar-refractivity contribution in [2.24, 2.45) is 11.8 Å². The number of hydrogen-bond donors (Lipinski definition) is 1. The standard InChI is InChI=1S/C22H29N3O2/c1-15-5-9-24(10-6-15)21(26)17-7-11-25(12-8-17)22(27)20-14-18-4-3-16(2)13-19(18)23-20/h3-4,13-15,17,23H,5-12H2,1-2H3. The van der Waals surface area contributed by atoms with E-state index in [-0.39, 0.29) is 11.8 Å². The van der Waals surface area contributed by atoms with E-state index in [0.29, 0.717) is 24.7 Å². The first-order valence-corrected chi connectivity index (χ1v) is 10.2. The summed E-state index contributed by atoms with van der Waals surface area (Å²) < 4.78 is 0. The fourth-order valence-corrected chi connectivity index (χ4v) is 4.34. The quantitative estimate of drug-likeness (QED) is 0.882. The Kier molecular flexibility index (Phi) is 4.94. The van der Waals surface area contributed by atoms with Gasteiger partial charge in [-0.15, -0.1) is 0 Å². The molecule has 2 amide bonds. The van der Waals surface area contributed by atoms with Crippen LogP contribution in [0.1, 0.15) is 48.7 Å². The van der Waals surface area contributed by atoms with Crippen molar-refractivity contribution in [3.05, 3.63) is 35.5 Å². The van der Waals surface area contributed by atoms with Crippen molar-refractivity contribution >= 4 is 22.7 Å². The van der Waals surface area contributed by atoms with Gasteiger partial charge in [-0.1, -0.05) is 19.1 Å². The zero-order valence-electron chi connectivity index (χ0n) is 16.3. The molecule has 0 unspecified atom stereocenters. The molecule has 0 radical (unpaired) electrons. The van der Waals surface area contributed by atoms with E-state index in [9.17, 15) is 9.59 Å². The molecule has 1 aromatic carbocycles. The van der Waals surface area contributed by atoms with Crippen molar-refractivity contribution in [1.29, 1.82) is 0 Å². The Morgan fingerprint density at radius 2 is 1.63 bits per heavy atom. The molecular weight excluding hydrogens is 338 g/mol. The predicted octanol–water partition coefficient (Wildman–Crippen LogP) is 3.59. The molecule has 1 aromatic heterocycles. The SMILES string of the molecule is Cc1ccc2cc(C(=O)N3CCC(C(=O)N4CCC(C)CC4)CC3)[nH]c2c1. The number of hydrogen-bond acceptors (Lipinski definition) is 2. The lowest BCUT2D eigenvalue weighted by atomic mass is 9.92. The molecule has 1 N–H and O–H groups in total. The molecular formula is C22H29N3O2. The summed E-state index contributed by atoms with van der Waals surface area (Å²) in [6.45, 7) is 7.42. The monoisotopic (exact) mass is 367 g/mol. The number of fused-ring (bicyclic) bond motifs is 1. The molecule has 0 bridgehead atoms. The molecule has 2 aliphatic heterocycles. The number of amides is 2. The lowest BCUT2D eigenvalue weighted by Gasteiger charge is -2.36. The van der Waals surface area contributed by atoms with Crippen LogP contribution in [-0.2, 0) is 4.79 Å². The Morgan fingerprint density at radius 3 is 2.33 bits per heavy atom. The maximum Gasteiger partial charge on any atom is 0.270 e. The highest BCUT2D eigenvalue weighted by Gasteiger charge is 2.32. The van der Waals surface area contributed by atoms with Crippen LogP contribution in [0.4, 0.5) is 0 Å². The fraction of sp³-hybridized carbons (Fsp3) is 0.545. The number of H-pyrrole nitrogens is 1. The molecule has 5 heteroatoms. The number of aromatic nitrogens is 1. The maximum absolute atomic E-state index is 12.9. The fourth-order valence-electron chi connectivity index (χ4n) is 4.34. The van der Waals surface area contributed by atoms with Gasteiger partial charge >= 0.3 is 0 Å². The number of piperidine rings is 2. The second-order valence-corrected chi connectivity index (χ2v) is 8.35. The number of rotatable bonds is 2. The van der Waals surface area contributed by atoms with E-state index in [1.54, 1.807) is 0 Å². The number of nitrogens with one attached hydrogen (secondary N) is 1. The topological polar surface area (TPSA) is 56.4 Å². The Morgan fingerprint density at radius 1 is 0.963 bits per heavy atom. The summed E-state index contributed by atoms with van der Waals surface area (Å²) in [5, 5.41) is 1.06. The number of nitrogens with zero attached hydrogens (tertiary/aromatic N) is 2. The molecule has 27 heavy (non-hydrogen) atoms. The van der Waals surface area contributed by atoms with Crippen molar-refractivity contribution in [2.75, 3.05) is 26.2 Å². The van der Waals surface area contributed by atoms with Crippen molar-refractivity contribution in [1.82, 2.24) is 14.8 Å². The molecule has 0 spiro atoms. The van der Waals surface area contributed by atoms with Gasteiger partial charge in [0.15, 0.2) is 0 Å². The summed E-state index contributed by atoms with van der Waals surface area (Å²) in [7, 11) is 0. The smallest absolute Gasteiger partial charge is 0.270 e. The molecule has 2 fully saturated rings. The van der Waals surface area contributed by atoms with E-state index in [4.69, 9.17) is 0 Å². The summed E-state index contributed by atoms with van der Waals surface area (Å²) in [6, 6.07) is 8.10. The number of aromatic amines is 1. The minimum Gasteiger partial charge on any atom is -0.351 e. The van der Waals surface area contributed by atoms with Crippen LogP contribution in [0.3, 0.4) is 0 Å². The van der Waals surface area contributed by atoms with Gasteiger partial charge in [-0.3, -0.25) is 9.59 Å². The highest BCUT2D eigenvalue weighted by atomic mass is 16.2. The van der Waals surface area contributed by atoms with Crippen LogP contribution in [-0.4, -0.2) is 52.8 Å². The maximum atomic E-state index is 12.9. The highest BCUT2D eigenvalue weighted by molar-refractivity contribution is 5.98. The van der Waals surface area contributed by atoms with Crippen LogP contribution in [0.5, 0.6) is 0 Å². The van der Waals surface area contributed by atoms with Gasteiger partial charge in [-0.25, -0.2) is 0 Å². The summed E-state index contributed by atoms with van der Waals surface area (Å²) in [6.07, 6.45) is 3.78. The third-order valence-electron chi connectivity index (χ3n) is 6.24. The number of carbonyl (C=O) groups is 2. The average Bonchev–Trinajstić information content (AvgIpc) is 3.11. The average molecular weight is 367 g/mol. The molecule has 0 atom stereocenters. The van der Waals surface area contributed by atoms with Gasteiger partial charge in [0, 0.05) is 43.0 Å². The first-order valence-electron chi connectivity index (χ1n) is 10.2. The van der Waals surface area contributed by atoms with Crippen molar-refractivity contribution in [3.63, 3.8) is 0 Å². The van der Waals surface area contributed by atoms with E-state index < -0.39 is 0 Å². The van der Waals surface area contributed by atoms with Gasteiger partial charge in [0.2, 0.25) is 5.91 Å². The molecule has 5 nitrogen and oxygen atoms in total. The van der Waals surface area contributed by atoms with E-state index >= 15 is 0 Å². The van der Waals surface area contributed by atoms with Crippen LogP contribution in [0.2, 0.25) is 0 Å². The Bertz CT molecular complexity index is 840. The molecule has 0 saturated carbocycles. The van der Waals surface area contributed by atoms with E-state index in [2.05, 4.69) is 24.0 Å². The number of likely N-dealkylation sites (tertiary alicyclic amines) is 2. The first kappa shape index (κ1) is 18.1. The van der Waals surface area contributed by atoms with Crippen LogP contribution < -0.4 is 0 Å². The Labute approximate surface area is 160 Å². The number of aryl methyl sites for hydroxylation is 1. The second-order valence-electron chi connectivity index (χ2n) is 8.35. The van der Waals surface area contributed by atoms with Gasteiger partial charge < -0.3 is 14.8 Å². The minimum atomic E-state index is 0.0431. The summed E-state index contributed by atoms with van der Waals surface area (Å²) in [5.74, 6) is 1.15. The van der Waals surface area contributed by atoms with Crippen molar-refractivity contribution in [3.8, 4) is 0 Å².